The van der Waals surface area contributed by atoms with Gasteiger partial charge in [-0.1, -0.05) is 36.4 Å². The first kappa shape index (κ1) is 30.8. The summed E-state index contributed by atoms with van der Waals surface area (Å²) in [4.78, 5) is 28.4. The van der Waals surface area contributed by atoms with Crippen LogP contribution in [0.25, 0.3) is 0 Å². The zero-order valence-corrected chi connectivity index (χ0v) is 23.4. The van der Waals surface area contributed by atoms with Crippen LogP contribution in [-0.2, 0) is 25.3 Å². The molecule has 1 N–H and O–H groups in total. The van der Waals surface area contributed by atoms with Crippen LogP contribution in [0.4, 0.5) is 26.3 Å². The number of nitrogens with zero attached hydrogens (tertiary/aromatic N) is 1. The predicted molar refractivity (Wildman–Crippen MR) is 150 cm³/mol. The van der Waals surface area contributed by atoms with Gasteiger partial charge in [0.1, 0.15) is 0 Å². The number of nitrogens with one attached hydrogen (secondary N) is 1. The molecular formula is C33H32F6N2O2. The van der Waals surface area contributed by atoms with Crippen LogP contribution >= 0.6 is 0 Å². The van der Waals surface area contributed by atoms with Crippen molar-refractivity contribution in [2.45, 2.75) is 56.9 Å². The van der Waals surface area contributed by atoms with Crippen molar-refractivity contribution in [3.8, 4) is 0 Å². The third-order valence-corrected chi connectivity index (χ3v) is 8.52. The third-order valence-electron chi connectivity index (χ3n) is 8.52. The molecule has 228 valence electrons. The van der Waals surface area contributed by atoms with Gasteiger partial charge in [-0.3, -0.25) is 9.59 Å². The first-order valence-corrected chi connectivity index (χ1v) is 14.4. The number of halogens is 6. The lowest BCUT2D eigenvalue weighted by atomic mass is 9.80. The fraction of sp³-hybridized carbons (Fsp3) is 0.394. The van der Waals surface area contributed by atoms with Crippen LogP contribution in [0.5, 0.6) is 0 Å². The molecule has 10 heteroatoms. The molecule has 1 heterocycles. The van der Waals surface area contributed by atoms with Gasteiger partial charge < -0.3 is 10.2 Å². The largest absolute Gasteiger partial charge is 0.416 e. The normalized spacial score (nSPS) is 18.4. The predicted octanol–water partition coefficient (Wildman–Crippen LogP) is 7.67. The van der Waals surface area contributed by atoms with Gasteiger partial charge in [0.05, 0.1) is 11.1 Å². The monoisotopic (exact) mass is 602 g/mol. The molecule has 1 aliphatic carbocycles. The minimum absolute atomic E-state index is 0.0380. The highest BCUT2D eigenvalue weighted by atomic mass is 19.4. The molecular weight excluding hydrogens is 570 g/mol. The Morgan fingerprint density at radius 1 is 0.837 bits per heavy atom. The third kappa shape index (κ3) is 7.47. The van der Waals surface area contributed by atoms with E-state index < -0.39 is 35.9 Å². The second-order valence-corrected chi connectivity index (χ2v) is 11.4. The van der Waals surface area contributed by atoms with Crippen molar-refractivity contribution in [3.63, 3.8) is 0 Å². The van der Waals surface area contributed by atoms with Crippen molar-refractivity contribution in [1.29, 1.82) is 0 Å². The maximum absolute atomic E-state index is 13.2. The number of likely N-dealkylation sites (tertiary alicyclic amines) is 1. The summed E-state index contributed by atoms with van der Waals surface area (Å²) in [5.74, 6) is -0.157. The van der Waals surface area contributed by atoms with E-state index in [0.29, 0.717) is 36.5 Å². The zero-order valence-electron chi connectivity index (χ0n) is 23.4. The summed E-state index contributed by atoms with van der Waals surface area (Å²) in [6.07, 6.45) is -5.74. The lowest BCUT2D eigenvalue weighted by molar-refractivity contribution is -0.143. The molecule has 0 aromatic heterocycles. The Morgan fingerprint density at radius 2 is 1.49 bits per heavy atom. The summed E-state index contributed by atoms with van der Waals surface area (Å²) in [5.41, 5.74) is -0.361. The number of alkyl halides is 6. The molecule has 3 aromatic carbocycles. The first-order valence-electron chi connectivity index (χ1n) is 14.4. The Kier molecular flexibility index (Phi) is 8.96. The van der Waals surface area contributed by atoms with Crippen molar-refractivity contribution < 1.29 is 35.9 Å². The summed E-state index contributed by atoms with van der Waals surface area (Å²) in [6, 6.07) is 16.4. The van der Waals surface area contributed by atoms with Gasteiger partial charge in [0.25, 0.3) is 5.91 Å². The van der Waals surface area contributed by atoms with E-state index in [1.807, 2.05) is 6.07 Å². The molecule has 0 saturated carbocycles. The molecule has 3 aromatic rings. The summed E-state index contributed by atoms with van der Waals surface area (Å²) in [6.45, 7) is 2.31. The number of amides is 1. The number of Topliss-reactive ketones (excluding diaryl/α,β-unsaturated/α-hetero) is 1. The number of aryl methyl sites for hydroxylation is 1. The van der Waals surface area contributed by atoms with Gasteiger partial charge in [-0.2, -0.15) is 26.3 Å². The molecule has 1 amide bonds. The molecule has 1 atom stereocenters. The molecule has 2 aliphatic rings. The van der Waals surface area contributed by atoms with Crippen molar-refractivity contribution in [2.75, 3.05) is 19.6 Å². The summed E-state index contributed by atoms with van der Waals surface area (Å²) in [7, 11) is 0. The number of rotatable bonds is 7. The molecule has 4 nitrogen and oxygen atoms in total. The van der Waals surface area contributed by atoms with Crippen molar-refractivity contribution in [1.82, 2.24) is 10.2 Å². The number of benzene rings is 3. The molecule has 5 rings (SSSR count). The lowest BCUT2D eigenvalue weighted by Gasteiger charge is -2.33. The molecule has 1 fully saturated rings. The van der Waals surface area contributed by atoms with E-state index in [1.54, 1.807) is 12.1 Å². The van der Waals surface area contributed by atoms with E-state index in [1.165, 1.54) is 11.6 Å². The van der Waals surface area contributed by atoms with E-state index >= 15 is 0 Å². The SMILES string of the molecule is O=C(NCc1cc(C(F)(F)F)cc(C(F)(F)F)c1)c1ccc2c(c1)CCC(CCN1CCC(c3ccccc3)CC1)C2=O. The van der Waals surface area contributed by atoms with Gasteiger partial charge in [0, 0.05) is 23.6 Å². The molecule has 0 radical (unpaired) electrons. The lowest BCUT2D eigenvalue weighted by Crippen LogP contribution is -2.35. The van der Waals surface area contributed by atoms with E-state index in [4.69, 9.17) is 0 Å². The van der Waals surface area contributed by atoms with Crippen molar-refractivity contribution in [2.24, 2.45) is 5.92 Å². The number of carbonyl (C=O) groups excluding carboxylic acids is 2. The number of hydrogen-bond donors (Lipinski definition) is 1. The fourth-order valence-corrected chi connectivity index (χ4v) is 6.10. The van der Waals surface area contributed by atoms with Crippen LogP contribution in [0.3, 0.4) is 0 Å². The topological polar surface area (TPSA) is 49.4 Å². The summed E-state index contributed by atoms with van der Waals surface area (Å²) in [5, 5.41) is 2.41. The maximum Gasteiger partial charge on any atom is 0.416 e. The molecule has 43 heavy (non-hydrogen) atoms. The van der Waals surface area contributed by atoms with Gasteiger partial charge in [0.2, 0.25) is 0 Å². The van der Waals surface area contributed by atoms with E-state index in [0.717, 1.165) is 44.5 Å². The number of hydrogen-bond acceptors (Lipinski definition) is 3. The second-order valence-electron chi connectivity index (χ2n) is 11.4. The van der Waals surface area contributed by atoms with E-state index in [-0.39, 0.29) is 28.9 Å². The zero-order chi connectivity index (χ0) is 30.8. The molecule has 0 spiro atoms. The van der Waals surface area contributed by atoms with Crippen LogP contribution in [0, 0.1) is 5.92 Å². The quantitative estimate of drug-likeness (QED) is 0.283. The number of piperidine rings is 1. The van der Waals surface area contributed by atoms with Crippen LogP contribution in [0.2, 0.25) is 0 Å². The van der Waals surface area contributed by atoms with Gasteiger partial charge in [-0.25, -0.2) is 0 Å². The van der Waals surface area contributed by atoms with Crippen LogP contribution < -0.4 is 5.32 Å². The Balaban J connectivity index is 1.16. The Labute approximate surface area is 246 Å². The highest BCUT2D eigenvalue weighted by molar-refractivity contribution is 6.02. The minimum Gasteiger partial charge on any atom is -0.348 e. The molecule has 1 saturated heterocycles. The van der Waals surface area contributed by atoms with Crippen molar-refractivity contribution >= 4 is 11.7 Å². The van der Waals surface area contributed by atoms with E-state index in [9.17, 15) is 35.9 Å². The summed E-state index contributed by atoms with van der Waals surface area (Å²) >= 11 is 0. The number of carbonyl (C=O) groups is 2. The van der Waals surface area contributed by atoms with Crippen molar-refractivity contribution in [3.05, 3.63) is 106 Å². The number of fused-ring (bicyclic) bond motifs is 1. The summed E-state index contributed by atoms with van der Waals surface area (Å²) < 4.78 is 78.9. The fourth-order valence-electron chi connectivity index (χ4n) is 6.10. The average molecular weight is 603 g/mol. The Hall–Kier alpha value is -3.66. The van der Waals surface area contributed by atoms with Gasteiger partial charge >= 0.3 is 12.4 Å². The van der Waals surface area contributed by atoms with Gasteiger partial charge in [-0.15, -0.1) is 0 Å². The second kappa shape index (κ2) is 12.5. The van der Waals surface area contributed by atoms with Gasteiger partial charge in [0.15, 0.2) is 5.78 Å². The molecule has 1 unspecified atom stereocenters. The highest BCUT2D eigenvalue weighted by Gasteiger charge is 2.37. The van der Waals surface area contributed by atoms with Gasteiger partial charge in [-0.05, 0) is 105 Å². The maximum atomic E-state index is 13.2. The Bertz CT molecular complexity index is 1430. The first-order chi connectivity index (χ1) is 20.4. The van der Waals surface area contributed by atoms with Crippen LogP contribution in [-0.4, -0.2) is 36.2 Å². The number of ketones is 1. The Morgan fingerprint density at radius 3 is 2.12 bits per heavy atom. The molecule has 1 aliphatic heterocycles. The highest BCUT2D eigenvalue weighted by Crippen LogP contribution is 2.36. The van der Waals surface area contributed by atoms with Crippen LogP contribution in [0.15, 0.2) is 66.7 Å². The minimum atomic E-state index is -4.97. The van der Waals surface area contributed by atoms with E-state index in [2.05, 4.69) is 34.5 Å². The standard InChI is InChI=1S/C33H32F6N2O2/c34-32(35,36)27-16-21(17-28(19-27)33(37,38)39)20-40-31(43)26-8-9-29-25(18-26)7-6-24(30(29)42)12-15-41-13-10-23(11-14-41)22-4-2-1-3-5-22/h1-5,8-9,16-19,23-24H,6-7,10-15,20H2,(H,40,43). The smallest absolute Gasteiger partial charge is 0.348 e. The molecule has 0 bridgehead atoms. The average Bonchev–Trinajstić information content (AvgIpc) is 2.99. The van der Waals surface area contributed by atoms with Crippen LogP contribution in [0.1, 0.15) is 80.1 Å².